The van der Waals surface area contributed by atoms with Crippen LogP contribution >= 0.6 is 11.3 Å². The molecule has 1 aromatic heterocycles. The first-order valence-corrected chi connectivity index (χ1v) is 12.3. The fraction of sp³-hybridized carbons (Fsp3) is 0. The third-order valence-corrected chi connectivity index (χ3v) is 8.72. The maximum atomic E-state index is 12.9. The van der Waals surface area contributed by atoms with E-state index in [4.69, 9.17) is 1.37 Å². The number of benzene rings is 3. The second-order valence-corrected chi connectivity index (χ2v) is 10.6. The molecule has 148 valence electrons. The van der Waals surface area contributed by atoms with Crippen LogP contribution in [0.3, 0.4) is 0 Å². The zero-order valence-electron chi connectivity index (χ0n) is 17.2. The molecule has 0 atom stereocenters. The number of rotatable bonds is 2. The summed E-state index contributed by atoms with van der Waals surface area (Å²) in [7, 11) is 0. The Morgan fingerprint density at radius 1 is 0.742 bits per heavy atom. The van der Waals surface area contributed by atoms with E-state index in [1.54, 1.807) is 24.3 Å². The van der Waals surface area contributed by atoms with Gasteiger partial charge in [0.05, 0.1) is 0 Å². The molecule has 0 saturated heterocycles. The van der Waals surface area contributed by atoms with Gasteiger partial charge >= 0.3 is 192 Å². The van der Waals surface area contributed by atoms with Crippen molar-refractivity contribution in [2.24, 2.45) is 0 Å². The van der Waals surface area contributed by atoms with Gasteiger partial charge in [0.1, 0.15) is 0 Å². The summed E-state index contributed by atoms with van der Waals surface area (Å²) >= 11 is 1.65. The molecule has 0 radical (unpaired) electrons. The number of Topliss-reactive ketones (excluding diaryl/α,β-unsaturated/α-hetero) is 2. The summed E-state index contributed by atoms with van der Waals surface area (Å²) in [5, 5.41) is 0.955. The molecule has 4 aromatic rings. The standard InChI is InChI=1S/C26H15NO2SSe/c28-25-17-7-1-2-8-18(17)26(29)19(25)15-16-13-14-24(30-16)27-20-9-3-5-11-22(20)31-23-12-6-4-10-21(23)27/h1-15H/i15D. The summed E-state index contributed by atoms with van der Waals surface area (Å²) < 4.78 is 11.3. The number of ketones is 2. The van der Waals surface area contributed by atoms with Crippen LogP contribution in [0.5, 0.6) is 0 Å². The number of nitrogens with zero attached hydrogens (tertiary/aromatic N) is 1. The van der Waals surface area contributed by atoms with Gasteiger partial charge in [-0.05, 0) is 0 Å². The Morgan fingerprint density at radius 3 is 1.90 bits per heavy atom. The van der Waals surface area contributed by atoms with Gasteiger partial charge in [-0.2, -0.15) is 0 Å². The fourth-order valence-electron chi connectivity index (χ4n) is 3.95. The first-order chi connectivity index (χ1) is 15.6. The predicted octanol–water partition coefficient (Wildman–Crippen LogP) is 4.65. The van der Waals surface area contributed by atoms with Crippen LogP contribution in [-0.4, -0.2) is 26.5 Å². The maximum absolute atomic E-state index is 12.9. The van der Waals surface area contributed by atoms with Gasteiger partial charge in [-0.15, -0.1) is 0 Å². The number of hydrogen-bond donors (Lipinski definition) is 0. The summed E-state index contributed by atoms with van der Waals surface area (Å²) in [5.41, 5.74) is 3.01. The second-order valence-electron chi connectivity index (χ2n) is 7.21. The van der Waals surface area contributed by atoms with E-state index in [1.165, 1.54) is 20.3 Å². The molecule has 2 aliphatic rings. The van der Waals surface area contributed by atoms with Crippen molar-refractivity contribution in [3.8, 4) is 0 Å². The van der Waals surface area contributed by atoms with Crippen molar-refractivity contribution >= 4 is 69.2 Å². The molecule has 6 rings (SSSR count). The molecule has 1 aliphatic carbocycles. The normalized spacial score (nSPS) is 14.8. The Morgan fingerprint density at radius 2 is 1.29 bits per heavy atom. The predicted molar refractivity (Wildman–Crippen MR) is 127 cm³/mol. The van der Waals surface area contributed by atoms with Crippen molar-refractivity contribution < 1.29 is 11.0 Å². The van der Waals surface area contributed by atoms with Crippen LogP contribution in [-0.2, 0) is 0 Å². The van der Waals surface area contributed by atoms with Crippen LogP contribution in [0.25, 0.3) is 6.05 Å². The summed E-state index contributed by atoms with van der Waals surface area (Å²) in [5.74, 6) is -0.719. The number of carbonyl (C=O) groups excluding carboxylic acids is 2. The SMILES string of the molecule is [2H]C(=C1C(=O)c2ccccc2C1=O)c1ccc(N2c3ccccc3[Se]c3ccccc32)s1. The Hall–Kier alpha value is -3.24. The Labute approximate surface area is 191 Å². The third-order valence-electron chi connectivity index (χ3n) is 5.36. The Bertz CT molecular complexity index is 1390. The molecule has 0 amide bonds. The Balaban J connectivity index is 1.46. The molecule has 1 aliphatic heterocycles. The van der Waals surface area contributed by atoms with E-state index >= 15 is 0 Å². The average molecular weight is 485 g/mol. The van der Waals surface area contributed by atoms with Crippen LogP contribution in [0.1, 0.15) is 27.0 Å². The minimum atomic E-state index is -0.359. The number of anilines is 3. The number of thiophene rings is 1. The second kappa shape index (κ2) is 7.17. The molecular formula is C26H15NO2SSe. The zero-order valence-corrected chi connectivity index (χ0v) is 18.7. The van der Waals surface area contributed by atoms with Crippen molar-refractivity contribution in [3.05, 3.63) is 107 Å². The minimum absolute atomic E-state index is 0.00440. The topological polar surface area (TPSA) is 37.4 Å². The molecule has 3 nitrogen and oxygen atoms in total. The molecule has 2 heterocycles. The van der Waals surface area contributed by atoms with Gasteiger partial charge in [0.2, 0.25) is 0 Å². The molecule has 0 spiro atoms. The van der Waals surface area contributed by atoms with Crippen LogP contribution in [0.4, 0.5) is 16.4 Å². The molecule has 0 saturated carbocycles. The monoisotopic (exact) mass is 486 g/mol. The summed E-state index contributed by atoms with van der Waals surface area (Å²) in [6, 6.07) is 27.4. The first-order valence-electron chi connectivity index (χ1n) is 10.3. The van der Waals surface area contributed by atoms with E-state index in [2.05, 4.69) is 41.3 Å². The number of fused-ring (bicyclic) bond motifs is 3. The van der Waals surface area contributed by atoms with Crippen LogP contribution in [0.15, 0.2) is 90.5 Å². The van der Waals surface area contributed by atoms with Gasteiger partial charge in [0.25, 0.3) is 0 Å². The molecule has 31 heavy (non-hydrogen) atoms. The van der Waals surface area contributed by atoms with Gasteiger partial charge in [0.15, 0.2) is 0 Å². The van der Waals surface area contributed by atoms with E-state index in [0.29, 0.717) is 16.0 Å². The third kappa shape index (κ3) is 2.94. The van der Waals surface area contributed by atoms with Gasteiger partial charge < -0.3 is 0 Å². The fourth-order valence-corrected chi connectivity index (χ4v) is 7.10. The van der Waals surface area contributed by atoms with Crippen molar-refractivity contribution in [2.75, 3.05) is 4.90 Å². The van der Waals surface area contributed by atoms with E-state index in [-0.39, 0.29) is 38.1 Å². The molecular weight excluding hydrogens is 469 g/mol. The number of para-hydroxylation sites is 2. The summed E-state index contributed by atoms with van der Waals surface area (Å²) in [6.07, 6.45) is 0. The van der Waals surface area contributed by atoms with E-state index < -0.39 is 0 Å². The van der Waals surface area contributed by atoms with Crippen LogP contribution in [0, 0.1) is 0 Å². The van der Waals surface area contributed by atoms with E-state index in [1.807, 2.05) is 24.3 Å². The van der Waals surface area contributed by atoms with Gasteiger partial charge in [-0.3, -0.25) is 0 Å². The number of carbonyl (C=O) groups is 2. The van der Waals surface area contributed by atoms with Crippen molar-refractivity contribution in [3.63, 3.8) is 0 Å². The average Bonchev–Trinajstić information content (AvgIpc) is 3.41. The Kier molecular flexibility index (Phi) is 4.03. The summed E-state index contributed by atoms with van der Waals surface area (Å²) in [6.45, 7) is 0. The molecule has 5 heteroatoms. The molecule has 0 unspecified atom stereocenters. The number of hydrogen-bond acceptors (Lipinski definition) is 4. The van der Waals surface area contributed by atoms with Gasteiger partial charge in [-0.1, -0.05) is 0 Å². The van der Waals surface area contributed by atoms with Gasteiger partial charge in [0, 0.05) is 0 Å². The molecule has 0 bridgehead atoms. The zero-order chi connectivity index (χ0) is 21.8. The molecule has 3 aromatic carbocycles. The quantitative estimate of drug-likeness (QED) is 0.208. The molecule has 0 N–H and O–H groups in total. The first kappa shape index (κ1) is 17.4. The van der Waals surface area contributed by atoms with Crippen LogP contribution < -0.4 is 13.8 Å². The van der Waals surface area contributed by atoms with Gasteiger partial charge in [-0.25, -0.2) is 0 Å². The van der Waals surface area contributed by atoms with Crippen molar-refractivity contribution in [2.45, 2.75) is 0 Å². The van der Waals surface area contributed by atoms with Crippen molar-refractivity contribution in [1.82, 2.24) is 0 Å². The molecule has 0 fully saturated rings. The van der Waals surface area contributed by atoms with Crippen molar-refractivity contribution in [1.29, 1.82) is 0 Å². The van der Waals surface area contributed by atoms with E-state index in [9.17, 15) is 9.59 Å². The number of allylic oxidation sites excluding steroid dienone is 1. The van der Waals surface area contributed by atoms with Crippen LogP contribution in [0.2, 0.25) is 0 Å². The summed E-state index contributed by atoms with van der Waals surface area (Å²) in [4.78, 5) is 28.5. The van der Waals surface area contributed by atoms with E-state index in [0.717, 1.165) is 16.4 Å².